The van der Waals surface area contributed by atoms with Crippen molar-refractivity contribution >= 4 is 23.5 Å². The van der Waals surface area contributed by atoms with Gasteiger partial charge >= 0.3 is 5.97 Å². The van der Waals surface area contributed by atoms with Crippen LogP contribution in [0.5, 0.6) is 5.75 Å². The van der Waals surface area contributed by atoms with Gasteiger partial charge in [-0.2, -0.15) is 0 Å². The zero-order chi connectivity index (χ0) is 15.2. The number of nitrogens with zero attached hydrogens (tertiary/aromatic N) is 1. The molecule has 21 heavy (non-hydrogen) atoms. The number of halogens is 1. The minimum absolute atomic E-state index is 0.00455. The number of aliphatic carboxylic acids is 1. The molecule has 0 spiro atoms. The molecule has 1 heterocycles. The van der Waals surface area contributed by atoms with Crippen LogP contribution in [0.3, 0.4) is 0 Å². The Balaban J connectivity index is 1.72. The number of carbonyl (C=O) groups is 2. The van der Waals surface area contributed by atoms with Gasteiger partial charge in [0.1, 0.15) is 5.75 Å². The Morgan fingerprint density at radius 3 is 2.95 bits per heavy atom. The lowest BCUT2D eigenvalue weighted by molar-refractivity contribution is -0.138. The molecule has 0 bridgehead atoms. The number of hydrogen-bond acceptors (Lipinski definition) is 3. The molecule has 2 rings (SSSR count). The third-order valence-corrected chi connectivity index (χ3v) is 3.72. The maximum absolute atomic E-state index is 12.0. The molecule has 5 nitrogen and oxygen atoms in total. The summed E-state index contributed by atoms with van der Waals surface area (Å²) in [7, 11) is 0. The maximum atomic E-state index is 12.0. The monoisotopic (exact) mass is 311 g/mol. The molecule has 1 aliphatic rings. The van der Waals surface area contributed by atoms with Gasteiger partial charge in [0.2, 0.25) is 5.91 Å². The van der Waals surface area contributed by atoms with E-state index in [9.17, 15) is 9.59 Å². The minimum atomic E-state index is -0.807. The Labute approximate surface area is 128 Å². The summed E-state index contributed by atoms with van der Waals surface area (Å²) in [5, 5.41) is 9.35. The fraction of sp³-hybridized carbons (Fsp3) is 0.467. The second-order valence-electron chi connectivity index (χ2n) is 5.15. The van der Waals surface area contributed by atoms with Crippen molar-refractivity contribution < 1.29 is 19.4 Å². The SMILES string of the molecule is O=C(O)CC1CCN(C(=O)CCOc2cccc(Cl)c2)C1. The molecule has 1 aliphatic heterocycles. The number of likely N-dealkylation sites (tertiary alicyclic amines) is 1. The number of hydrogen-bond donors (Lipinski definition) is 1. The van der Waals surface area contributed by atoms with Crippen molar-refractivity contribution in [3.05, 3.63) is 29.3 Å². The first-order chi connectivity index (χ1) is 10.0. The average Bonchev–Trinajstić information content (AvgIpc) is 2.86. The second-order valence-corrected chi connectivity index (χ2v) is 5.58. The second kappa shape index (κ2) is 7.31. The van der Waals surface area contributed by atoms with E-state index in [1.165, 1.54) is 0 Å². The largest absolute Gasteiger partial charge is 0.493 e. The van der Waals surface area contributed by atoms with E-state index < -0.39 is 5.97 Å². The predicted molar refractivity (Wildman–Crippen MR) is 78.5 cm³/mol. The van der Waals surface area contributed by atoms with Gasteiger partial charge in [0.15, 0.2) is 0 Å². The molecule has 0 radical (unpaired) electrons. The highest BCUT2D eigenvalue weighted by Crippen LogP contribution is 2.21. The Bertz CT molecular complexity index is 520. The Hall–Kier alpha value is -1.75. The zero-order valence-electron chi connectivity index (χ0n) is 11.6. The number of carbonyl (C=O) groups excluding carboxylic acids is 1. The normalized spacial score (nSPS) is 17.8. The van der Waals surface area contributed by atoms with E-state index in [0.29, 0.717) is 30.5 Å². The van der Waals surface area contributed by atoms with Crippen molar-refractivity contribution in [1.29, 1.82) is 0 Å². The number of amides is 1. The van der Waals surface area contributed by atoms with Gasteiger partial charge in [0.05, 0.1) is 13.0 Å². The van der Waals surface area contributed by atoms with Crippen molar-refractivity contribution in [2.45, 2.75) is 19.3 Å². The molecule has 1 unspecified atom stereocenters. The first-order valence-electron chi connectivity index (χ1n) is 6.92. The van der Waals surface area contributed by atoms with Crippen LogP contribution in [0.4, 0.5) is 0 Å². The fourth-order valence-electron chi connectivity index (χ4n) is 2.44. The number of benzene rings is 1. The minimum Gasteiger partial charge on any atom is -0.493 e. The van der Waals surface area contributed by atoms with Crippen molar-refractivity contribution in [3.8, 4) is 5.75 Å². The molecule has 1 aromatic rings. The molecule has 114 valence electrons. The highest BCUT2D eigenvalue weighted by Gasteiger charge is 2.27. The summed E-state index contributed by atoms with van der Waals surface area (Å²) in [6, 6.07) is 7.03. The average molecular weight is 312 g/mol. The molecule has 0 aromatic heterocycles. The molecule has 0 saturated carbocycles. The van der Waals surface area contributed by atoms with Crippen LogP contribution in [0.15, 0.2) is 24.3 Å². The molecule has 1 fully saturated rings. The van der Waals surface area contributed by atoms with Gasteiger partial charge in [-0.05, 0) is 30.5 Å². The van der Waals surface area contributed by atoms with E-state index in [0.717, 1.165) is 6.42 Å². The van der Waals surface area contributed by atoms with E-state index in [-0.39, 0.29) is 24.7 Å². The summed E-state index contributed by atoms with van der Waals surface area (Å²) >= 11 is 5.84. The Morgan fingerprint density at radius 1 is 1.43 bits per heavy atom. The number of ether oxygens (including phenoxy) is 1. The lowest BCUT2D eigenvalue weighted by Gasteiger charge is -2.16. The Morgan fingerprint density at radius 2 is 2.24 bits per heavy atom. The number of carboxylic acid groups (broad SMARTS) is 1. The quantitative estimate of drug-likeness (QED) is 0.876. The molecule has 1 aromatic carbocycles. The van der Waals surface area contributed by atoms with Crippen LogP contribution < -0.4 is 4.74 Å². The first-order valence-corrected chi connectivity index (χ1v) is 7.30. The van der Waals surface area contributed by atoms with Crippen LogP contribution in [0, 0.1) is 5.92 Å². The summed E-state index contributed by atoms with van der Waals surface area (Å²) in [5.74, 6) is -0.0933. The van der Waals surface area contributed by atoms with E-state index in [1.54, 1.807) is 29.2 Å². The third-order valence-electron chi connectivity index (χ3n) is 3.48. The van der Waals surface area contributed by atoms with Gasteiger partial charge < -0.3 is 14.7 Å². The van der Waals surface area contributed by atoms with Gasteiger partial charge in [-0.25, -0.2) is 0 Å². The zero-order valence-corrected chi connectivity index (χ0v) is 12.4. The standard InChI is InChI=1S/C15H18ClNO4/c16-12-2-1-3-13(9-12)21-7-5-14(18)17-6-4-11(10-17)8-15(19)20/h1-3,9,11H,4-8,10H2,(H,19,20). The van der Waals surface area contributed by atoms with Crippen LogP contribution in [0.2, 0.25) is 5.02 Å². The van der Waals surface area contributed by atoms with Crippen LogP contribution in [0.1, 0.15) is 19.3 Å². The fourth-order valence-corrected chi connectivity index (χ4v) is 2.62. The van der Waals surface area contributed by atoms with Crippen LogP contribution in [0.25, 0.3) is 0 Å². The molecular formula is C15H18ClNO4. The maximum Gasteiger partial charge on any atom is 0.303 e. The molecule has 1 atom stereocenters. The van der Waals surface area contributed by atoms with Crippen molar-refractivity contribution in [3.63, 3.8) is 0 Å². The van der Waals surface area contributed by atoms with Crippen molar-refractivity contribution in [2.75, 3.05) is 19.7 Å². The van der Waals surface area contributed by atoms with Crippen molar-refractivity contribution in [2.24, 2.45) is 5.92 Å². The predicted octanol–water partition coefficient (Wildman–Crippen LogP) is 2.43. The topological polar surface area (TPSA) is 66.8 Å². The lowest BCUT2D eigenvalue weighted by Crippen LogP contribution is -2.30. The van der Waals surface area contributed by atoms with Gasteiger partial charge in [-0.3, -0.25) is 9.59 Å². The Kier molecular flexibility index (Phi) is 5.44. The molecule has 6 heteroatoms. The summed E-state index contributed by atoms with van der Waals surface area (Å²) in [4.78, 5) is 24.4. The van der Waals surface area contributed by atoms with Crippen LogP contribution in [-0.4, -0.2) is 41.6 Å². The molecule has 0 aliphatic carbocycles. The summed E-state index contributed by atoms with van der Waals surface area (Å²) in [5.41, 5.74) is 0. The van der Waals surface area contributed by atoms with E-state index in [1.807, 2.05) is 0 Å². The van der Waals surface area contributed by atoms with Crippen molar-refractivity contribution in [1.82, 2.24) is 4.90 Å². The molecule has 1 saturated heterocycles. The molecule has 1 N–H and O–H groups in total. The molecular weight excluding hydrogens is 294 g/mol. The first kappa shape index (κ1) is 15.6. The van der Waals surface area contributed by atoms with E-state index in [4.69, 9.17) is 21.4 Å². The number of carboxylic acids is 1. The number of rotatable bonds is 6. The van der Waals surface area contributed by atoms with Gasteiger partial charge in [0.25, 0.3) is 0 Å². The summed E-state index contributed by atoms with van der Waals surface area (Å²) < 4.78 is 5.48. The van der Waals surface area contributed by atoms with E-state index in [2.05, 4.69) is 0 Å². The third kappa shape index (κ3) is 4.93. The lowest BCUT2D eigenvalue weighted by atomic mass is 10.1. The van der Waals surface area contributed by atoms with Crippen LogP contribution in [-0.2, 0) is 9.59 Å². The van der Waals surface area contributed by atoms with Gasteiger partial charge in [-0.1, -0.05) is 17.7 Å². The van der Waals surface area contributed by atoms with Gasteiger partial charge in [-0.15, -0.1) is 0 Å². The summed E-state index contributed by atoms with van der Waals surface area (Å²) in [6.45, 7) is 1.45. The van der Waals surface area contributed by atoms with Gasteiger partial charge in [0, 0.05) is 24.5 Å². The highest BCUT2D eigenvalue weighted by molar-refractivity contribution is 6.30. The summed E-state index contributed by atoms with van der Waals surface area (Å²) in [6.07, 6.45) is 1.17. The smallest absolute Gasteiger partial charge is 0.303 e. The molecule has 1 amide bonds. The van der Waals surface area contributed by atoms with Crippen LogP contribution >= 0.6 is 11.6 Å². The van der Waals surface area contributed by atoms with E-state index >= 15 is 0 Å². The highest BCUT2D eigenvalue weighted by atomic mass is 35.5.